The van der Waals surface area contributed by atoms with Gasteiger partial charge in [0.15, 0.2) is 0 Å². The fourth-order valence-corrected chi connectivity index (χ4v) is 5.41. The van der Waals surface area contributed by atoms with E-state index in [2.05, 4.69) is 10.2 Å². The summed E-state index contributed by atoms with van der Waals surface area (Å²) in [5, 5.41) is 2.89. The first-order chi connectivity index (χ1) is 15.9. The quantitative estimate of drug-likeness (QED) is 0.505. The number of para-hydroxylation sites is 2. The standard InChI is InChI=1S/C25H35N3O4S/c1-3-32-24-11-6-5-10-23(24)28(33(30,31)22-14-12-21(2)13-15-22)20-25(29)26-16-9-19-27-17-7-4-8-18-27/h5-6,10-15H,3-4,7-9,16-20H2,1-2H3,(H,26,29). The molecule has 0 radical (unpaired) electrons. The third-order valence-electron chi connectivity index (χ3n) is 5.75. The van der Waals surface area contributed by atoms with Crippen LogP contribution in [0.15, 0.2) is 53.4 Å². The summed E-state index contributed by atoms with van der Waals surface area (Å²) >= 11 is 0. The zero-order chi connectivity index (χ0) is 23.7. The van der Waals surface area contributed by atoms with E-state index in [0.717, 1.165) is 35.9 Å². The van der Waals surface area contributed by atoms with E-state index >= 15 is 0 Å². The van der Waals surface area contributed by atoms with E-state index in [1.54, 1.807) is 48.5 Å². The van der Waals surface area contributed by atoms with Crippen molar-refractivity contribution in [3.05, 3.63) is 54.1 Å². The molecule has 1 fully saturated rings. The third kappa shape index (κ3) is 6.95. The Balaban J connectivity index is 1.74. The third-order valence-corrected chi connectivity index (χ3v) is 7.53. The first-order valence-corrected chi connectivity index (χ1v) is 13.2. The molecule has 33 heavy (non-hydrogen) atoms. The summed E-state index contributed by atoms with van der Waals surface area (Å²) in [6.45, 7) is 7.50. The first-order valence-electron chi connectivity index (χ1n) is 11.7. The molecule has 2 aromatic rings. The van der Waals surface area contributed by atoms with Gasteiger partial charge in [0.25, 0.3) is 10.0 Å². The highest BCUT2D eigenvalue weighted by Crippen LogP contribution is 2.32. The molecule has 180 valence electrons. The first kappa shape index (κ1) is 25.1. The van der Waals surface area contributed by atoms with Gasteiger partial charge >= 0.3 is 0 Å². The van der Waals surface area contributed by atoms with Crippen LogP contribution in [0.1, 0.15) is 38.2 Å². The highest BCUT2D eigenvalue weighted by atomic mass is 32.2. The highest BCUT2D eigenvalue weighted by Gasteiger charge is 2.29. The summed E-state index contributed by atoms with van der Waals surface area (Å²) in [6.07, 6.45) is 4.60. The van der Waals surface area contributed by atoms with Crippen LogP contribution in [0.4, 0.5) is 5.69 Å². The number of carbonyl (C=O) groups excluding carboxylic acids is 1. The van der Waals surface area contributed by atoms with Gasteiger partial charge in [-0.3, -0.25) is 9.10 Å². The second-order valence-electron chi connectivity index (χ2n) is 8.33. The normalized spacial score (nSPS) is 14.6. The van der Waals surface area contributed by atoms with Crippen LogP contribution in [0, 0.1) is 6.92 Å². The Morgan fingerprint density at radius 2 is 1.76 bits per heavy atom. The zero-order valence-electron chi connectivity index (χ0n) is 19.6. The van der Waals surface area contributed by atoms with E-state index in [4.69, 9.17) is 4.74 Å². The van der Waals surface area contributed by atoms with E-state index in [9.17, 15) is 13.2 Å². The van der Waals surface area contributed by atoms with Crippen LogP contribution in [0.25, 0.3) is 0 Å². The summed E-state index contributed by atoms with van der Waals surface area (Å²) in [5.41, 5.74) is 1.31. The van der Waals surface area contributed by atoms with Crippen molar-refractivity contribution in [1.29, 1.82) is 0 Å². The number of sulfonamides is 1. The predicted octanol–water partition coefficient (Wildman–Crippen LogP) is 3.58. The molecule has 1 aliphatic rings. The molecule has 3 rings (SSSR count). The van der Waals surface area contributed by atoms with Crippen molar-refractivity contribution in [2.75, 3.05) is 43.6 Å². The van der Waals surface area contributed by atoms with Gasteiger partial charge in [0.2, 0.25) is 5.91 Å². The molecule has 0 atom stereocenters. The van der Waals surface area contributed by atoms with Crippen LogP contribution in [-0.2, 0) is 14.8 Å². The van der Waals surface area contributed by atoms with Crippen molar-refractivity contribution in [2.24, 2.45) is 0 Å². The van der Waals surface area contributed by atoms with Crippen LogP contribution in [0.2, 0.25) is 0 Å². The van der Waals surface area contributed by atoms with Gasteiger partial charge in [-0.25, -0.2) is 8.42 Å². The topological polar surface area (TPSA) is 79.0 Å². The highest BCUT2D eigenvalue weighted by molar-refractivity contribution is 7.92. The van der Waals surface area contributed by atoms with Gasteiger partial charge in [0.05, 0.1) is 17.2 Å². The molecular weight excluding hydrogens is 438 g/mol. The SMILES string of the molecule is CCOc1ccccc1N(CC(=O)NCCCN1CCCCC1)S(=O)(=O)c1ccc(C)cc1. The number of anilines is 1. The maximum absolute atomic E-state index is 13.6. The van der Waals surface area contributed by atoms with Gasteiger partial charge < -0.3 is 15.0 Å². The maximum atomic E-state index is 13.6. The van der Waals surface area contributed by atoms with E-state index in [-0.39, 0.29) is 17.3 Å². The van der Waals surface area contributed by atoms with Crippen molar-refractivity contribution < 1.29 is 17.9 Å². The number of ether oxygens (including phenoxy) is 1. The molecule has 1 saturated heterocycles. The molecular formula is C25H35N3O4S. The van der Waals surface area contributed by atoms with Gasteiger partial charge in [0.1, 0.15) is 12.3 Å². The largest absolute Gasteiger partial charge is 0.492 e. The second kappa shape index (κ2) is 12.0. The number of benzene rings is 2. The van der Waals surface area contributed by atoms with Crippen molar-refractivity contribution in [3.8, 4) is 5.75 Å². The average Bonchev–Trinajstić information content (AvgIpc) is 2.82. The fraction of sp³-hybridized carbons (Fsp3) is 0.480. The Kier molecular flexibility index (Phi) is 9.14. The number of rotatable bonds is 11. The molecule has 0 saturated carbocycles. The average molecular weight is 474 g/mol. The van der Waals surface area contributed by atoms with Gasteiger partial charge in [-0.05, 0) is 77.0 Å². The summed E-state index contributed by atoms with van der Waals surface area (Å²) in [7, 11) is -3.97. The minimum absolute atomic E-state index is 0.136. The van der Waals surface area contributed by atoms with Crippen LogP contribution in [0.5, 0.6) is 5.75 Å². The summed E-state index contributed by atoms with van der Waals surface area (Å²) in [4.78, 5) is 15.4. The molecule has 1 N–H and O–H groups in total. The van der Waals surface area contributed by atoms with E-state index < -0.39 is 10.0 Å². The number of carbonyl (C=O) groups is 1. The number of likely N-dealkylation sites (tertiary alicyclic amines) is 1. The number of nitrogens with zero attached hydrogens (tertiary/aromatic N) is 2. The smallest absolute Gasteiger partial charge is 0.264 e. The number of amides is 1. The molecule has 2 aromatic carbocycles. The molecule has 1 amide bonds. The lowest BCUT2D eigenvalue weighted by molar-refractivity contribution is -0.119. The molecule has 7 nitrogen and oxygen atoms in total. The second-order valence-corrected chi connectivity index (χ2v) is 10.2. The predicted molar refractivity (Wildman–Crippen MR) is 131 cm³/mol. The van der Waals surface area contributed by atoms with Crippen molar-refractivity contribution in [3.63, 3.8) is 0 Å². The Morgan fingerprint density at radius 1 is 1.06 bits per heavy atom. The molecule has 0 aromatic heterocycles. The lowest BCUT2D eigenvalue weighted by Crippen LogP contribution is -2.42. The van der Waals surface area contributed by atoms with Gasteiger partial charge in [-0.1, -0.05) is 36.2 Å². The number of hydrogen-bond donors (Lipinski definition) is 1. The Hall–Kier alpha value is -2.58. The lowest BCUT2D eigenvalue weighted by atomic mass is 10.1. The molecule has 8 heteroatoms. The lowest BCUT2D eigenvalue weighted by Gasteiger charge is -2.27. The van der Waals surface area contributed by atoms with Crippen LogP contribution in [0.3, 0.4) is 0 Å². The molecule has 0 aliphatic carbocycles. The maximum Gasteiger partial charge on any atom is 0.264 e. The van der Waals surface area contributed by atoms with Crippen molar-refractivity contribution >= 4 is 21.6 Å². The molecule has 0 unspecified atom stereocenters. The Bertz CT molecular complexity index is 1000. The Morgan fingerprint density at radius 3 is 2.45 bits per heavy atom. The van der Waals surface area contributed by atoms with Gasteiger partial charge in [-0.15, -0.1) is 0 Å². The van der Waals surface area contributed by atoms with Gasteiger partial charge in [0, 0.05) is 6.54 Å². The molecule has 0 bridgehead atoms. The number of aryl methyl sites for hydroxylation is 1. The van der Waals surface area contributed by atoms with Crippen LogP contribution >= 0.6 is 0 Å². The summed E-state index contributed by atoms with van der Waals surface area (Å²) < 4.78 is 33.9. The minimum Gasteiger partial charge on any atom is -0.492 e. The van der Waals surface area contributed by atoms with E-state index in [1.807, 2.05) is 13.8 Å². The fourth-order valence-electron chi connectivity index (χ4n) is 3.98. The summed E-state index contributed by atoms with van der Waals surface area (Å²) in [5.74, 6) is 0.0872. The molecule has 1 aliphatic heterocycles. The van der Waals surface area contributed by atoms with Crippen LogP contribution in [-0.4, -0.2) is 58.6 Å². The summed E-state index contributed by atoms with van der Waals surface area (Å²) in [6, 6.07) is 13.5. The molecule has 0 spiro atoms. The number of piperidine rings is 1. The van der Waals surface area contributed by atoms with Crippen molar-refractivity contribution in [2.45, 2.75) is 44.4 Å². The van der Waals surface area contributed by atoms with Gasteiger partial charge in [-0.2, -0.15) is 0 Å². The minimum atomic E-state index is -3.97. The number of nitrogens with one attached hydrogen (secondary N) is 1. The van der Waals surface area contributed by atoms with E-state index in [1.165, 1.54) is 19.3 Å². The molecule has 1 heterocycles. The number of hydrogen-bond acceptors (Lipinski definition) is 5. The van der Waals surface area contributed by atoms with E-state index in [0.29, 0.717) is 24.6 Å². The monoisotopic (exact) mass is 473 g/mol. The van der Waals surface area contributed by atoms with Crippen LogP contribution < -0.4 is 14.4 Å². The Labute approximate surface area is 197 Å². The zero-order valence-corrected chi connectivity index (χ0v) is 20.4. The van der Waals surface area contributed by atoms with Crippen molar-refractivity contribution in [1.82, 2.24) is 10.2 Å².